The highest BCUT2D eigenvalue weighted by Gasteiger charge is 2.62. The largest absolute Gasteiger partial charge is 0.458 e. The van der Waals surface area contributed by atoms with Crippen molar-refractivity contribution in [1.82, 2.24) is 0 Å². The molecule has 0 N–H and O–H groups in total. The second-order valence-corrected chi connectivity index (χ2v) is 6.04. The molecule has 1 heterocycles. The van der Waals surface area contributed by atoms with E-state index in [1.165, 1.54) is 0 Å². The highest BCUT2D eigenvalue weighted by Crippen LogP contribution is 2.50. The number of carbonyl (C=O) groups is 1. The Kier molecular flexibility index (Phi) is 3.68. The van der Waals surface area contributed by atoms with Crippen LogP contribution in [0.1, 0.15) is 46.1 Å². The van der Waals surface area contributed by atoms with Crippen molar-refractivity contribution in [2.45, 2.75) is 57.8 Å². The van der Waals surface area contributed by atoms with Crippen LogP contribution in [-0.2, 0) is 19.9 Å². The predicted molar refractivity (Wildman–Crippen MR) is 73.7 cm³/mol. The van der Waals surface area contributed by atoms with Crippen LogP contribution in [0, 0.1) is 0 Å². The van der Waals surface area contributed by atoms with Crippen LogP contribution in [0.15, 0.2) is 30.3 Å². The summed E-state index contributed by atoms with van der Waals surface area (Å²) in [6.07, 6.45) is 1.34. The Morgan fingerprint density at radius 1 is 1.32 bits per heavy atom. The van der Waals surface area contributed by atoms with Crippen molar-refractivity contribution in [3.63, 3.8) is 0 Å². The van der Waals surface area contributed by atoms with Gasteiger partial charge in [0.15, 0.2) is 6.10 Å². The second kappa shape index (κ2) is 4.97. The van der Waals surface area contributed by atoms with Gasteiger partial charge >= 0.3 is 5.97 Å². The molecule has 19 heavy (non-hydrogen) atoms. The first-order valence-electron chi connectivity index (χ1n) is 6.85. The van der Waals surface area contributed by atoms with E-state index in [0.717, 1.165) is 18.4 Å². The summed E-state index contributed by atoms with van der Waals surface area (Å²) in [6, 6.07) is 9.94. The summed E-state index contributed by atoms with van der Waals surface area (Å²) in [5.41, 5.74) is 0.114. The van der Waals surface area contributed by atoms with Gasteiger partial charge in [0.05, 0.1) is 0 Å². The van der Waals surface area contributed by atoms with Gasteiger partial charge in [0.2, 0.25) is 0 Å². The van der Waals surface area contributed by atoms with Crippen molar-refractivity contribution >= 4 is 5.97 Å². The van der Waals surface area contributed by atoms with Gasteiger partial charge in [-0.25, -0.2) is 4.79 Å². The van der Waals surface area contributed by atoms with Crippen LogP contribution < -0.4 is 0 Å². The van der Waals surface area contributed by atoms with Crippen LogP contribution in [-0.4, -0.2) is 17.7 Å². The fraction of sp³-hybridized carbons (Fsp3) is 0.562. The highest BCUT2D eigenvalue weighted by molar-refractivity contribution is 5.80. The van der Waals surface area contributed by atoms with E-state index in [1.54, 1.807) is 0 Å². The molecule has 1 aliphatic heterocycles. The van der Waals surface area contributed by atoms with E-state index >= 15 is 0 Å². The van der Waals surface area contributed by atoms with Crippen LogP contribution >= 0.6 is 0 Å². The predicted octanol–water partition coefficient (Wildman–Crippen LogP) is 3.42. The maximum Gasteiger partial charge on any atom is 0.339 e. The molecule has 104 valence electrons. The van der Waals surface area contributed by atoms with Crippen LogP contribution in [0.3, 0.4) is 0 Å². The first-order chi connectivity index (χ1) is 8.89. The van der Waals surface area contributed by atoms with Crippen molar-refractivity contribution in [2.75, 3.05) is 0 Å². The molecule has 0 bridgehead atoms. The van der Waals surface area contributed by atoms with E-state index in [4.69, 9.17) is 9.47 Å². The minimum absolute atomic E-state index is 0.259. The van der Waals surface area contributed by atoms with E-state index < -0.39 is 17.3 Å². The summed E-state index contributed by atoms with van der Waals surface area (Å²) in [5, 5.41) is 0. The Morgan fingerprint density at radius 3 is 2.47 bits per heavy atom. The summed E-state index contributed by atoms with van der Waals surface area (Å²) in [6.45, 7) is 7.71. The van der Waals surface area contributed by atoms with Crippen LogP contribution in [0.4, 0.5) is 0 Å². The lowest BCUT2D eigenvalue weighted by Crippen LogP contribution is -2.29. The third-order valence-electron chi connectivity index (χ3n) is 3.20. The normalized spacial score (nSPS) is 26.0. The minimum Gasteiger partial charge on any atom is -0.458 e. The maximum absolute atomic E-state index is 12.1. The monoisotopic (exact) mass is 262 g/mol. The summed E-state index contributed by atoms with van der Waals surface area (Å²) in [7, 11) is 0. The zero-order chi connectivity index (χ0) is 14.1. The van der Waals surface area contributed by atoms with Gasteiger partial charge in [-0.3, -0.25) is 0 Å². The summed E-state index contributed by atoms with van der Waals surface area (Å²) < 4.78 is 11.2. The zero-order valence-electron chi connectivity index (χ0n) is 12.1. The van der Waals surface area contributed by atoms with Crippen LogP contribution in [0.25, 0.3) is 0 Å². The number of hydrogen-bond acceptors (Lipinski definition) is 3. The lowest BCUT2D eigenvalue weighted by molar-refractivity contribution is -0.156. The number of benzene rings is 1. The molecule has 3 heteroatoms. The fourth-order valence-electron chi connectivity index (χ4n) is 2.42. The molecule has 0 amide bonds. The zero-order valence-corrected chi connectivity index (χ0v) is 12.1. The molecule has 1 aromatic rings. The first kappa shape index (κ1) is 14.1. The Hall–Kier alpha value is -1.35. The second-order valence-electron chi connectivity index (χ2n) is 6.04. The lowest BCUT2D eigenvalue weighted by atomic mass is 9.91. The molecule has 3 nitrogen and oxygen atoms in total. The summed E-state index contributed by atoms with van der Waals surface area (Å²) in [4.78, 5) is 12.1. The molecule has 1 fully saturated rings. The molecule has 0 saturated carbocycles. The molecule has 2 rings (SSSR count). The van der Waals surface area contributed by atoms with Crippen LogP contribution in [0.2, 0.25) is 0 Å². The average molecular weight is 262 g/mol. The van der Waals surface area contributed by atoms with Gasteiger partial charge in [0.25, 0.3) is 0 Å². The summed E-state index contributed by atoms with van der Waals surface area (Å²) >= 11 is 0. The Bertz CT molecular complexity index is 447. The van der Waals surface area contributed by atoms with E-state index in [1.807, 2.05) is 51.1 Å². The maximum atomic E-state index is 12.1. The molecule has 1 aromatic carbocycles. The Labute approximate surface area is 114 Å². The van der Waals surface area contributed by atoms with Crippen molar-refractivity contribution in [2.24, 2.45) is 0 Å². The Balaban J connectivity index is 2.16. The fourth-order valence-corrected chi connectivity index (χ4v) is 2.42. The standard InChI is InChI=1S/C16H22O3/c1-5-11-16(12-9-7-6-8-10-12)13(18-16)14(17)19-15(2,3)4/h6-10,13H,5,11H2,1-4H3/t13-,16-/m1/s1. The van der Waals surface area contributed by atoms with Crippen molar-refractivity contribution < 1.29 is 14.3 Å². The van der Waals surface area contributed by atoms with E-state index in [-0.39, 0.29) is 5.97 Å². The van der Waals surface area contributed by atoms with Gasteiger partial charge in [-0.2, -0.15) is 0 Å². The Morgan fingerprint density at radius 2 is 1.95 bits per heavy atom. The molecule has 2 atom stereocenters. The van der Waals surface area contributed by atoms with Crippen molar-refractivity contribution in [3.8, 4) is 0 Å². The molecule has 1 saturated heterocycles. The minimum atomic E-state index is -0.475. The quantitative estimate of drug-likeness (QED) is 0.616. The molecule has 0 aromatic heterocycles. The van der Waals surface area contributed by atoms with E-state index in [9.17, 15) is 4.79 Å². The van der Waals surface area contributed by atoms with Crippen molar-refractivity contribution in [3.05, 3.63) is 35.9 Å². The van der Waals surface area contributed by atoms with Gasteiger partial charge in [0.1, 0.15) is 11.2 Å². The van der Waals surface area contributed by atoms with E-state index in [2.05, 4.69) is 6.92 Å². The number of esters is 1. The molecular formula is C16H22O3. The highest BCUT2D eigenvalue weighted by atomic mass is 16.7. The van der Waals surface area contributed by atoms with E-state index in [0.29, 0.717) is 0 Å². The number of epoxide rings is 1. The molecular weight excluding hydrogens is 240 g/mol. The van der Waals surface area contributed by atoms with Gasteiger partial charge in [-0.05, 0) is 32.8 Å². The third kappa shape index (κ3) is 2.98. The SMILES string of the molecule is CCC[C@]1(c2ccccc2)O[C@@H]1C(=O)OC(C)(C)C. The molecule has 0 unspecified atom stereocenters. The topological polar surface area (TPSA) is 38.8 Å². The van der Waals surface area contributed by atoms with Gasteiger partial charge in [-0.1, -0.05) is 43.7 Å². The van der Waals surface area contributed by atoms with Gasteiger partial charge in [-0.15, -0.1) is 0 Å². The number of rotatable bonds is 4. The summed E-state index contributed by atoms with van der Waals surface area (Å²) in [5.74, 6) is -0.259. The average Bonchev–Trinajstić information content (AvgIpc) is 3.05. The first-order valence-corrected chi connectivity index (χ1v) is 6.85. The molecule has 0 aliphatic carbocycles. The molecule has 1 aliphatic rings. The number of ether oxygens (including phenoxy) is 2. The van der Waals surface area contributed by atoms with Crippen molar-refractivity contribution in [1.29, 1.82) is 0 Å². The lowest BCUT2D eigenvalue weighted by Gasteiger charge is -2.19. The number of hydrogen-bond donors (Lipinski definition) is 0. The van der Waals surface area contributed by atoms with Crippen LogP contribution in [0.5, 0.6) is 0 Å². The third-order valence-corrected chi connectivity index (χ3v) is 3.20. The van der Waals surface area contributed by atoms with Gasteiger partial charge in [0, 0.05) is 0 Å². The molecule has 0 radical (unpaired) electrons. The van der Waals surface area contributed by atoms with Gasteiger partial charge < -0.3 is 9.47 Å². The number of carbonyl (C=O) groups excluding carboxylic acids is 1. The smallest absolute Gasteiger partial charge is 0.339 e. The molecule has 0 spiro atoms.